The number of hydrogen-bond donors (Lipinski definition) is 3. The molecular weight excluding hydrogens is 541 g/mol. The van der Waals surface area contributed by atoms with Crippen LogP contribution in [0, 0.1) is 13.8 Å². The number of rotatable bonds is 7. The van der Waals surface area contributed by atoms with Crippen molar-refractivity contribution in [2.45, 2.75) is 56.0 Å². The van der Waals surface area contributed by atoms with Gasteiger partial charge in [0.2, 0.25) is 4.34 Å². The highest BCUT2D eigenvalue weighted by Crippen LogP contribution is 2.31. The number of alkyl halides is 3. The normalized spacial score (nSPS) is 17.9. The number of hydrogen-bond acceptors (Lipinski definition) is 7. The molecule has 2 atom stereocenters. The Hall–Kier alpha value is -2.71. The number of benzene rings is 2. The van der Waals surface area contributed by atoms with Crippen LogP contribution in [0.4, 0.5) is 18.9 Å². The maximum absolute atomic E-state index is 12.7. The maximum Gasteiger partial charge on any atom is 0.573 e. The summed E-state index contributed by atoms with van der Waals surface area (Å²) in [7, 11) is -2.49. The lowest BCUT2D eigenvalue weighted by Gasteiger charge is -2.34. The van der Waals surface area contributed by atoms with Crippen molar-refractivity contribution < 1.29 is 30.9 Å². The second-order valence-electron chi connectivity index (χ2n) is 8.63. The van der Waals surface area contributed by atoms with Crippen LogP contribution in [0.5, 0.6) is 5.75 Å². The van der Waals surface area contributed by atoms with E-state index in [0.29, 0.717) is 16.9 Å². The standard InChI is InChI=1S/C20H23F3N3O.C5H7NO3S2/c1-24-16-9-10-18(27-20(21,22)23)15(12-16)13-26-17-8-5-11-25-19(17)14-6-3-2-4-7-14;1-3-4(2)10-5(6-3)11(7,8)9/h2-4,6-7,9-10,12,17,19,25-26H,5,8,11,13H2,1H3;1-2H3,(H,7,8,9)/q-1;/t17-,19-;/m0./s1. The summed E-state index contributed by atoms with van der Waals surface area (Å²) in [5, 5.41) is 11.0. The SMILES string of the molecule is C[N-]c1ccc(OC(F)(F)F)c(CN[C@H]2CCCN[C@H]2c2ccccc2)c1.Cc1nc(S(=O)(=O)O)sc1C. The zero-order valence-electron chi connectivity index (χ0n) is 21.1. The molecule has 3 N–H and O–H groups in total. The maximum atomic E-state index is 12.7. The van der Waals surface area contributed by atoms with E-state index >= 15 is 0 Å². The molecule has 0 aliphatic carbocycles. The fourth-order valence-electron chi connectivity index (χ4n) is 3.98. The molecule has 1 aliphatic rings. The van der Waals surface area contributed by atoms with Crippen molar-refractivity contribution in [1.29, 1.82) is 0 Å². The predicted octanol–water partition coefficient (Wildman–Crippen LogP) is 5.81. The van der Waals surface area contributed by atoms with Crippen molar-refractivity contribution in [3.8, 4) is 5.75 Å². The van der Waals surface area contributed by atoms with Crippen molar-refractivity contribution in [3.63, 3.8) is 0 Å². The van der Waals surface area contributed by atoms with E-state index in [0.717, 1.165) is 35.6 Å². The van der Waals surface area contributed by atoms with E-state index in [-0.39, 0.29) is 28.7 Å². The molecule has 0 bridgehead atoms. The minimum absolute atomic E-state index is 0.113. The Morgan fingerprint density at radius 2 is 1.92 bits per heavy atom. The van der Waals surface area contributed by atoms with Crippen molar-refractivity contribution in [2.24, 2.45) is 0 Å². The molecule has 2 aromatic carbocycles. The van der Waals surface area contributed by atoms with E-state index in [9.17, 15) is 21.6 Å². The second kappa shape index (κ2) is 12.9. The Balaban J connectivity index is 0.000000304. The molecule has 3 aromatic rings. The second-order valence-corrected chi connectivity index (χ2v) is 11.4. The van der Waals surface area contributed by atoms with Crippen LogP contribution in [0.25, 0.3) is 5.32 Å². The van der Waals surface area contributed by atoms with E-state index in [1.54, 1.807) is 27.0 Å². The van der Waals surface area contributed by atoms with Gasteiger partial charge in [0, 0.05) is 29.1 Å². The lowest BCUT2D eigenvalue weighted by Crippen LogP contribution is -2.45. The van der Waals surface area contributed by atoms with Gasteiger partial charge in [0.15, 0.2) is 0 Å². The average Bonchev–Trinajstić information content (AvgIpc) is 3.22. The number of aromatic nitrogens is 1. The first-order chi connectivity index (χ1) is 17.9. The van der Waals surface area contributed by atoms with Gasteiger partial charge in [-0.15, -0.1) is 37.2 Å². The summed E-state index contributed by atoms with van der Waals surface area (Å²) in [6.07, 6.45) is -2.77. The van der Waals surface area contributed by atoms with Gasteiger partial charge in [0.1, 0.15) is 5.75 Å². The summed E-state index contributed by atoms with van der Waals surface area (Å²) in [5.74, 6) is -0.192. The molecule has 38 heavy (non-hydrogen) atoms. The third-order valence-electron chi connectivity index (χ3n) is 5.93. The number of aryl methyl sites for hydroxylation is 2. The highest BCUT2D eigenvalue weighted by atomic mass is 32.3. The molecule has 208 valence electrons. The first-order valence-electron chi connectivity index (χ1n) is 11.8. The molecule has 0 saturated carbocycles. The summed E-state index contributed by atoms with van der Waals surface area (Å²) in [4.78, 5) is 4.47. The first-order valence-corrected chi connectivity index (χ1v) is 14.0. The van der Waals surface area contributed by atoms with Gasteiger partial charge in [0.05, 0.1) is 5.69 Å². The molecule has 0 unspecified atom stereocenters. The Labute approximate surface area is 224 Å². The summed E-state index contributed by atoms with van der Waals surface area (Å²) in [6.45, 7) is 4.64. The Kier molecular flexibility index (Phi) is 10.1. The Bertz CT molecular complexity index is 1280. The predicted molar refractivity (Wildman–Crippen MR) is 141 cm³/mol. The molecule has 0 amide bonds. The minimum Gasteiger partial charge on any atom is -0.687 e. The van der Waals surface area contributed by atoms with E-state index in [4.69, 9.17) is 4.55 Å². The van der Waals surface area contributed by atoms with Gasteiger partial charge in [0.25, 0.3) is 0 Å². The molecule has 13 heteroatoms. The van der Waals surface area contributed by atoms with Gasteiger partial charge < -0.3 is 20.7 Å². The fraction of sp³-hybridized carbons (Fsp3) is 0.400. The Morgan fingerprint density at radius 1 is 1.21 bits per heavy atom. The zero-order chi connectivity index (χ0) is 27.9. The van der Waals surface area contributed by atoms with Crippen molar-refractivity contribution in [3.05, 3.63) is 75.5 Å². The van der Waals surface area contributed by atoms with Gasteiger partial charge in [-0.2, -0.15) is 8.42 Å². The van der Waals surface area contributed by atoms with Crippen molar-refractivity contribution in [1.82, 2.24) is 15.6 Å². The van der Waals surface area contributed by atoms with Gasteiger partial charge >= 0.3 is 16.5 Å². The third kappa shape index (κ3) is 8.67. The number of halogens is 3. The van der Waals surface area contributed by atoms with Gasteiger partial charge in [-0.25, -0.2) is 4.98 Å². The lowest BCUT2D eigenvalue weighted by atomic mass is 9.92. The van der Waals surface area contributed by atoms with Gasteiger partial charge in [-0.3, -0.25) is 4.55 Å². The van der Waals surface area contributed by atoms with E-state index in [2.05, 4.69) is 37.8 Å². The molecule has 1 fully saturated rings. The van der Waals surface area contributed by atoms with Crippen LogP contribution < -0.4 is 15.4 Å². The summed E-state index contributed by atoms with van der Waals surface area (Å²) in [6, 6.07) is 14.8. The van der Waals surface area contributed by atoms with Crippen LogP contribution in [0.2, 0.25) is 0 Å². The van der Waals surface area contributed by atoms with Gasteiger partial charge in [-0.05, 0) is 44.9 Å². The summed E-state index contributed by atoms with van der Waals surface area (Å²) < 4.78 is 71.6. The minimum atomic E-state index is -4.72. The van der Waals surface area contributed by atoms with Crippen LogP contribution in [0.1, 0.15) is 40.6 Å². The Morgan fingerprint density at radius 3 is 2.47 bits per heavy atom. The molecule has 1 saturated heterocycles. The van der Waals surface area contributed by atoms with Gasteiger partial charge in [-0.1, -0.05) is 42.5 Å². The van der Waals surface area contributed by atoms with Crippen LogP contribution in [0.3, 0.4) is 0 Å². The number of thiazole rings is 1. The molecule has 2 heterocycles. The first kappa shape index (κ1) is 29.8. The van der Waals surface area contributed by atoms with Crippen LogP contribution in [-0.4, -0.2) is 44.0 Å². The van der Waals surface area contributed by atoms with E-state index < -0.39 is 16.5 Å². The quantitative estimate of drug-likeness (QED) is 0.307. The third-order valence-corrected chi connectivity index (χ3v) is 8.21. The highest BCUT2D eigenvalue weighted by Gasteiger charge is 2.32. The number of nitrogens with zero attached hydrogens (tertiary/aromatic N) is 2. The van der Waals surface area contributed by atoms with E-state index in [1.807, 2.05) is 18.2 Å². The lowest BCUT2D eigenvalue weighted by molar-refractivity contribution is -0.274. The average molecular weight is 572 g/mol. The van der Waals surface area contributed by atoms with Crippen molar-refractivity contribution >= 4 is 27.1 Å². The highest BCUT2D eigenvalue weighted by molar-refractivity contribution is 7.88. The number of ether oxygens (including phenoxy) is 1. The number of nitrogens with one attached hydrogen (secondary N) is 2. The molecule has 8 nitrogen and oxygen atoms in total. The molecule has 1 aliphatic heterocycles. The van der Waals surface area contributed by atoms with Crippen LogP contribution in [-0.2, 0) is 16.7 Å². The van der Waals surface area contributed by atoms with E-state index in [1.165, 1.54) is 17.7 Å². The summed E-state index contributed by atoms with van der Waals surface area (Å²) in [5.41, 5.74) is 2.86. The zero-order valence-corrected chi connectivity index (χ0v) is 22.8. The largest absolute Gasteiger partial charge is 0.687 e. The molecule has 1 aromatic heterocycles. The molecular formula is C25H30F3N4O4S2-. The van der Waals surface area contributed by atoms with Crippen LogP contribution in [0.15, 0.2) is 52.9 Å². The van der Waals surface area contributed by atoms with Crippen LogP contribution >= 0.6 is 11.3 Å². The fourth-order valence-corrected chi connectivity index (χ4v) is 5.67. The van der Waals surface area contributed by atoms with Crippen molar-refractivity contribution in [2.75, 3.05) is 13.6 Å². The topological polar surface area (TPSA) is 115 Å². The monoisotopic (exact) mass is 571 g/mol. The smallest absolute Gasteiger partial charge is 0.573 e. The summed E-state index contributed by atoms with van der Waals surface area (Å²) >= 11 is 0.972. The molecule has 0 spiro atoms. The number of piperidine rings is 1. The molecule has 0 radical (unpaired) electrons. The molecule has 4 rings (SSSR count).